The van der Waals surface area contributed by atoms with E-state index in [-0.39, 0.29) is 11.5 Å². The molecule has 6 nitrogen and oxygen atoms in total. The molecule has 0 heterocycles. The number of benzene rings is 2. The fraction of sp³-hybridized carbons (Fsp3) is 0.0625. The molecule has 22 heavy (non-hydrogen) atoms. The minimum absolute atomic E-state index is 0.166. The Morgan fingerprint density at radius 3 is 2.50 bits per heavy atom. The van der Waals surface area contributed by atoms with Gasteiger partial charge in [-0.3, -0.25) is 10.8 Å². The lowest BCUT2D eigenvalue weighted by atomic mass is 10.2. The highest BCUT2D eigenvalue weighted by Gasteiger charge is 2.02. The Labute approximate surface area is 128 Å². The molecule has 2 aromatic carbocycles. The van der Waals surface area contributed by atoms with E-state index in [4.69, 9.17) is 21.1 Å². The number of nitrogens with two attached hydrogens (primary N) is 1. The highest BCUT2D eigenvalue weighted by molar-refractivity contribution is 6.45. The SMILES string of the molecule is Cc1ccccc1Oc1ccc(N/N=C(\C#N)C(=N)N)cc1. The second-order valence-corrected chi connectivity index (χ2v) is 4.49. The van der Waals surface area contributed by atoms with Crippen LogP contribution < -0.4 is 15.9 Å². The smallest absolute Gasteiger partial charge is 0.201 e. The van der Waals surface area contributed by atoms with Gasteiger partial charge in [0.05, 0.1) is 5.69 Å². The van der Waals surface area contributed by atoms with Crippen LogP contribution in [-0.4, -0.2) is 11.5 Å². The normalized spacial score (nSPS) is 10.6. The molecule has 0 unspecified atom stereocenters. The summed E-state index contributed by atoms with van der Waals surface area (Å²) in [6.45, 7) is 1.98. The molecule has 0 radical (unpaired) electrons. The van der Waals surface area contributed by atoms with Crippen LogP contribution >= 0.6 is 0 Å². The van der Waals surface area contributed by atoms with Crippen LogP contribution in [0.25, 0.3) is 0 Å². The summed E-state index contributed by atoms with van der Waals surface area (Å²) in [7, 11) is 0. The van der Waals surface area contributed by atoms with Crippen molar-refractivity contribution in [2.45, 2.75) is 6.92 Å². The second-order valence-electron chi connectivity index (χ2n) is 4.49. The second kappa shape index (κ2) is 6.90. The summed E-state index contributed by atoms with van der Waals surface area (Å²) in [4.78, 5) is 0. The third-order valence-corrected chi connectivity index (χ3v) is 2.83. The predicted octanol–water partition coefficient (Wildman–Crippen LogP) is 3.01. The molecule has 0 fully saturated rings. The highest BCUT2D eigenvalue weighted by atomic mass is 16.5. The minimum atomic E-state index is -0.380. The number of nitrogens with one attached hydrogen (secondary N) is 2. The number of hydrogen-bond donors (Lipinski definition) is 3. The van der Waals surface area contributed by atoms with Crippen LogP contribution in [-0.2, 0) is 0 Å². The molecule has 0 bridgehead atoms. The van der Waals surface area contributed by atoms with Crippen molar-refractivity contribution in [1.29, 1.82) is 10.7 Å². The fourth-order valence-electron chi connectivity index (χ4n) is 1.66. The van der Waals surface area contributed by atoms with Gasteiger partial charge in [-0.1, -0.05) is 18.2 Å². The van der Waals surface area contributed by atoms with E-state index in [1.165, 1.54) is 0 Å². The molecule has 0 atom stereocenters. The van der Waals surface area contributed by atoms with E-state index in [2.05, 4.69) is 10.5 Å². The zero-order valence-corrected chi connectivity index (χ0v) is 12.0. The van der Waals surface area contributed by atoms with Gasteiger partial charge < -0.3 is 10.5 Å². The average molecular weight is 293 g/mol. The molecule has 0 spiro atoms. The van der Waals surface area contributed by atoms with Crippen LogP contribution in [0.4, 0.5) is 5.69 Å². The van der Waals surface area contributed by atoms with Crippen LogP contribution in [0.1, 0.15) is 5.56 Å². The standard InChI is InChI=1S/C16H15N5O/c1-11-4-2-3-5-15(11)22-13-8-6-12(7-9-13)20-21-14(10-17)16(18)19/h2-9,20H,1H3,(H3,18,19)/b21-14+. The summed E-state index contributed by atoms with van der Waals surface area (Å²) in [5, 5.41) is 19.7. The number of ether oxygens (including phenoxy) is 1. The maximum absolute atomic E-state index is 8.75. The maximum atomic E-state index is 8.75. The number of aryl methyl sites for hydroxylation is 1. The Hall–Kier alpha value is -3.33. The fourth-order valence-corrected chi connectivity index (χ4v) is 1.66. The van der Waals surface area contributed by atoms with Crippen molar-refractivity contribution in [2.75, 3.05) is 5.43 Å². The first-order valence-electron chi connectivity index (χ1n) is 6.52. The van der Waals surface area contributed by atoms with Crippen LogP contribution in [0.2, 0.25) is 0 Å². The lowest BCUT2D eigenvalue weighted by Crippen LogP contribution is -2.21. The third-order valence-electron chi connectivity index (χ3n) is 2.83. The van der Waals surface area contributed by atoms with Crippen molar-refractivity contribution in [3.8, 4) is 17.6 Å². The Bertz CT molecular complexity index is 744. The highest BCUT2D eigenvalue weighted by Crippen LogP contribution is 2.25. The first-order valence-corrected chi connectivity index (χ1v) is 6.52. The van der Waals surface area contributed by atoms with Crippen LogP contribution in [0.15, 0.2) is 53.6 Å². The van der Waals surface area contributed by atoms with Gasteiger partial charge in [0.25, 0.3) is 0 Å². The van der Waals surface area contributed by atoms with E-state index in [9.17, 15) is 0 Å². The summed E-state index contributed by atoms with van der Waals surface area (Å²) in [6.07, 6.45) is 0. The number of nitriles is 1. The van der Waals surface area contributed by atoms with E-state index >= 15 is 0 Å². The van der Waals surface area contributed by atoms with Crippen LogP contribution in [0.5, 0.6) is 11.5 Å². The molecule has 0 aliphatic carbocycles. The summed E-state index contributed by atoms with van der Waals surface area (Å²) in [5.74, 6) is 1.11. The summed E-state index contributed by atoms with van der Waals surface area (Å²) >= 11 is 0. The molecule has 0 saturated heterocycles. The first-order chi connectivity index (χ1) is 10.6. The van der Waals surface area contributed by atoms with E-state index in [1.807, 2.05) is 31.2 Å². The van der Waals surface area contributed by atoms with Gasteiger partial charge in [0.2, 0.25) is 5.71 Å². The van der Waals surface area contributed by atoms with Crippen molar-refractivity contribution in [3.63, 3.8) is 0 Å². The number of hydrogen-bond acceptors (Lipinski definition) is 5. The Morgan fingerprint density at radius 1 is 1.23 bits per heavy atom. The van der Waals surface area contributed by atoms with Gasteiger partial charge in [0.15, 0.2) is 5.84 Å². The molecular formula is C16H15N5O. The number of para-hydroxylation sites is 1. The van der Waals surface area contributed by atoms with E-state index in [1.54, 1.807) is 30.3 Å². The van der Waals surface area contributed by atoms with Crippen molar-refractivity contribution in [1.82, 2.24) is 0 Å². The molecule has 6 heteroatoms. The van der Waals surface area contributed by atoms with Gasteiger partial charge in [-0.25, -0.2) is 0 Å². The quantitative estimate of drug-likeness (QED) is 0.447. The zero-order chi connectivity index (χ0) is 15.9. The van der Waals surface area contributed by atoms with Gasteiger partial charge in [-0.2, -0.15) is 10.4 Å². The summed E-state index contributed by atoms with van der Waals surface area (Å²) in [6, 6.07) is 16.6. The molecule has 2 aromatic rings. The molecule has 2 rings (SSSR count). The minimum Gasteiger partial charge on any atom is -0.457 e. The Kier molecular flexibility index (Phi) is 4.73. The lowest BCUT2D eigenvalue weighted by molar-refractivity contribution is 0.479. The molecule has 0 saturated carbocycles. The van der Waals surface area contributed by atoms with E-state index < -0.39 is 0 Å². The van der Waals surface area contributed by atoms with Gasteiger partial charge >= 0.3 is 0 Å². The van der Waals surface area contributed by atoms with Gasteiger partial charge in [-0.05, 0) is 42.8 Å². The van der Waals surface area contributed by atoms with E-state index in [0.717, 1.165) is 11.3 Å². The van der Waals surface area contributed by atoms with E-state index in [0.29, 0.717) is 11.4 Å². The van der Waals surface area contributed by atoms with Crippen LogP contribution in [0, 0.1) is 23.7 Å². The molecule has 0 aromatic heterocycles. The lowest BCUT2D eigenvalue weighted by Gasteiger charge is -2.09. The monoisotopic (exact) mass is 293 g/mol. The Morgan fingerprint density at radius 2 is 1.91 bits per heavy atom. The number of hydrazone groups is 1. The Balaban J connectivity index is 2.07. The average Bonchev–Trinajstić information content (AvgIpc) is 2.51. The predicted molar refractivity (Wildman–Crippen MR) is 86.3 cm³/mol. The number of anilines is 1. The van der Waals surface area contributed by atoms with Crippen molar-refractivity contribution < 1.29 is 4.74 Å². The largest absolute Gasteiger partial charge is 0.457 e. The third kappa shape index (κ3) is 3.84. The van der Waals surface area contributed by atoms with Crippen LogP contribution in [0.3, 0.4) is 0 Å². The number of nitrogens with zero attached hydrogens (tertiary/aromatic N) is 2. The van der Waals surface area contributed by atoms with Gasteiger partial charge in [0, 0.05) is 0 Å². The summed E-state index contributed by atoms with van der Waals surface area (Å²) < 4.78 is 5.78. The zero-order valence-electron chi connectivity index (χ0n) is 12.0. The molecule has 0 aliphatic heterocycles. The molecular weight excluding hydrogens is 278 g/mol. The van der Waals surface area contributed by atoms with Gasteiger partial charge in [-0.15, -0.1) is 0 Å². The topological polar surface area (TPSA) is 107 Å². The van der Waals surface area contributed by atoms with Gasteiger partial charge in [0.1, 0.15) is 17.6 Å². The summed E-state index contributed by atoms with van der Waals surface area (Å²) in [5.41, 5.74) is 9.42. The molecule has 4 N–H and O–H groups in total. The van der Waals surface area contributed by atoms with Crippen molar-refractivity contribution >= 4 is 17.2 Å². The maximum Gasteiger partial charge on any atom is 0.201 e. The molecule has 0 aliphatic rings. The molecule has 0 amide bonds. The number of amidine groups is 1. The number of rotatable bonds is 5. The molecule has 110 valence electrons. The first kappa shape index (κ1) is 15.1. The van der Waals surface area contributed by atoms with Crippen molar-refractivity contribution in [3.05, 3.63) is 54.1 Å². The van der Waals surface area contributed by atoms with Crippen molar-refractivity contribution in [2.24, 2.45) is 10.8 Å².